The van der Waals surface area contributed by atoms with E-state index < -0.39 is 0 Å². The van der Waals surface area contributed by atoms with E-state index in [0.29, 0.717) is 17.0 Å². The van der Waals surface area contributed by atoms with Crippen LogP contribution >= 0.6 is 0 Å². The van der Waals surface area contributed by atoms with Crippen molar-refractivity contribution in [1.29, 1.82) is 0 Å². The molecular formula is C19H16N2O3. The maximum atomic E-state index is 12.7. The highest BCUT2D eigenvalue weighted by atomic mass is 16.5. The molecule has 0 amide bonds. The van der Waals surface area contributed by atoms with Crippen LogP contribution in [0.25, 0.3) is 5.69 Å². The number of ether oxygens (including phenoxy) is 1. The molecule has 0 saturated heterocycles. The highest BCUT2D eigenvalue weighted by Gasteiger charge is 2.18. The molecule has 3 rings (SSSR count). The molecule has 1 heterocycles. The van der Waals surface area contributed by atoms with Gasteiger partial charge in [0.05, 0.1) is 18.4 Å². The first-order valence-electron chi connectivity index (χ1n) is 7.38. The van der Waals surface area contributed by atoms with Crippen molar-refractivity contribution in [3.8, 4) is 11.4 Å². The van der Waals surface area contributed by atoms with Crippen LogP contribution in [0.5, 0.6) is 5.75 Å². The number of para-hydroxylation sites is 2. The number of hydrogen-bond donors (Lipinski definition) is 1. The number of carbonyl (C=O) groups excluding carboxylic acids is 1. The largest absolute Gasteiger partial charge is 0.495 e. The normalized spacial score (nSPS) is 10.4. The molecule has 2 N–H and O–H groups in total. The second-order valence-corrected chi connectivity index (χ2v) is 5.17. The lowest BCUT2D eigenvalue weighted by Gasteiger charge is -2.15. The average Bonchev–Trinajstić information content (AvgIpc) is 2.62. The van der Waals surface area contributed by atoms with E-state index in [1.807, 2.05) is 6.07 Å². The van der Waals surface area contributed by atoms with E-state index in [0.717, 1.165) is 0 Å². The van der Waals surface area contributed by atoms with Crippen LogP contribution in [-0.2, 0) is 0 Å². The molecule has 0 saturated carbocycles. The molecule has 0 aliphatic rings. The predicted molar refractivity (Wildman–Crippen MR) is 92.9 cm³/mol. The van der Waals surface area contributed by atoms with Gasteiger partial charge in [-0.2, -0.15) is 0 Å². The predicted octanol–water partition coefficient (Wildman–Crippen LogP) is 2.66. The molecule has 2 aromatic carbocycles. The van der Waals surface area contributed by atoms with Crippen molar-refractivity contribution in [2.24, 2.45) is 0 Å². The summed E-state index contributed by atoms with van der Waals surface area (Å²) in [5.41, 5.74) is 7.10. The minimum atomic E-state index is -0.332. The van der Waals surface area contributed by atoms with Crippen LogP contribution in [-0.4, -0.2) is 17.5 Å². The van der Waals surface area contributed by atoms with Gasteiger partial charge in [0.1, 0.15) is 11.6 Å². The monoisotopic (exact) mass is 320 g/mol. The summed E-state index contributed by atoms with van der Waals surface area (Å²) in [6.45, 7) is 0. The third-order valence-corrected chi connectivity index (χ3v) is 3.74. The molecule has 5 heteroatoms. The van der Waals surface area contributed by atoms with Crippen molar-refractivity contribution >= 4 is 11.6 Å². The second-order valence-electron chi connectivity index (χ2n) is 5.17. The molecule has 0 spiro atoms. The Kier molecular flexibility index (Phi) is 4.16. The van der Waals surface area contributed by atoms with Crippen LogP contribution in [0.1, 0.15) is 15.9 Å². The molecule has 3 aromatic rings. The van der Waals surface area contributed by atoms with Crippen molar-refractivity contribution < 1.29 is 9.53 Å². The number of pyridine rings is 1. The van der Waals surface area contributed by atoms with Crippen molar-refractivity contribution in [2.75, 3.05) is 12.8 Å². The summed E-state index contributed by atoms with van der Waals surface area (Å²) >= 11 is 0. The van der Waals surface area contributed by atoms with Crippen LogP contribution in [0.4, 0.5) is 5.82 Å². The fourth-order valence-corrected chi connectivity index (χ4v) is 2.55. The Hall–Kier alpha value is -3.34. The SMILES string of the molecule is COc1ccccc1-n1c(N)c(C(=O)c2ccccc2)ccc1=O. The molecule has 24 heavy (non-hydrogen) atoms. The summed E-state index contributed by atoms with van der Waals surface area (Å²) in [6, 6.07) is 18.6. The van der Waals surface area contributed by atoms with Crippen LogP contribution in [0, 0.1) is 0 Å². The Bertz CT molecular complexity index is 946. The highest BCUT2D eigenvalue weighted by Crippen LogP contribution is 2.25. The van der Waals surface area contributed by atoms with E-state index in [4.69, 9.17) is 10.5 Å². The first-order chi connectivity index (χ1) is 11.6. The number of anilines is 1. The molecule has 1 aromatic heterocycles. The number of rotatable bonds is 4. The van der Waals surface area contributed by atoms with E-state index in [2.05, 4.69) is 0 Å². The van der Waals surface area contributed by atoms with Gasteiger partial charge in [0.2, 0.25) is 0 Å². The first kappa shape index (κ1) is 15.6. The van der Waals surface area contributed by atoms with E-state index >= 15 is 0 Å². The summed E-state index contributed by atoms with van der Waals surface area (Å²) < 4.78 is 6.58. The number of methoxy groups -OCH3 is 1. The number of hydrogen-bond acceptors (Lipinski definition) is 4. The molecule has 0 aliphatic heterocycles. The maximum Gasteiger partial charge on any atom is 0.256 e. The van der Waals surface area contributed by atoms with Crippen molar-refractivity contribution in [1.82, 2.24) is 4.57 Å². The van der Waals surface area contributed by atoms with Crippen molar-refractivity contribution in [2.45, 2.75) is 0 Å². The minimum Gasteiger partial charge on any atom is -0.495 e. The summed E-state index contributed by atoms with van der Waals surface area (Å²) in [7, 11) is 1.51. The van der Waals surface area contributed by atoms with Crippen LogP contribution in [0.2, 0.25) is 0 Å². The molecule has 5 nitrogen and oxygen atoms in total. The van der Waals surface area contributed by atoms with E-state index in [-0.39, 0.29) is 22.7 Å². The van der Waals surface area contributed by atoms with E-state index in [9.17, 15) is 9.59 Å². The zero-order valence-electron chi connectivity index (χ0n) is 13.1. The zero-order chi connectivity index (χ0) is 17.1. The zero-order valence-corrected chi connectivity index (χ0v) is 13.1. The first-order valence-corrected chi connectivity index (χ1v) is 7.38. The number of aromatic nitrogens is 1. The van der Waals surface area contributed by atoms with Gasteiger partial charge in [0, 0.05) is 11.6 Å². The Morgan fingerprint density at radius 2 is 1.62 bits per heavy atom. The van der Waals surface area contributed by atoms with Gasteiger partial charge in [0.25, 0.3) is 5.56 Å². The molecule has 0 fully saturated rings. The number of nitrogens with two attached hydrogens (primary N) is 1. The highest BCUT2D eigenvalue weighted by molar-refractivity contribution is 6.11. The Morgan fingerprint density at radius 3 is 2.33 bits per heavy atom. The average molecular weight is 320 g/mol. The summed E-state index contributed by atoms with van der Waals surface area (Å²) in [5.74, 6) is 0.341. The summed E-state index contributed by atoms with van der Waals surface area (Å²) in [6.07, 6.45) is 0. The number of benzene rings is 2. The summed E-state index contributed by atoms with van der Waals surface area (Å²) in [4.78, 5) is 25.0. The van der Waals surface area contributed by atoms with Gasteiger partial charge < -0.3 is 10.5 Å². The van der Waals surface area contributed by atoms with Gasteiger partial charge in [0.15, 0.2) is 5.78 Å². The van der Waals surface area contributed by atoms with Gasteiger partial charge in [-0.15, -0.1) is 0 Å². The molecular weight excluding hydrogens is 304 g/mol. The van der Waals surface area contributed by atoms with Crippen molar-refractivity contribution in [3.63, 3.8) is 0 Å². The van der Waals surface area contributed by atoms with Gasteiger partial charge in [-0.3, -0.25) is 14.2 Å². The van der Waals surface area contributed by atoms with Gasteiger partial charge >= 0.3 is 0 Å². The standard InChI is InChI=1S/C19H16N2O3/c1-24-16-10-6-5-9-15(16)21-17(22)12-11-14(19(21)20)18(23)13-7-3-2-4-8-13/h2-12H,20H2,1H3. The van der Waals surface area contributed by atoms with Crippen molar-refractivity contribution in [3.05, 3.63) is 88.2 Å². The van der Waals surface area contributed by atoms with Crippen LogP contribution < -0.4 is 16.0 Å². The summed E-state index contributed by atoms with van der Waals surface area (Å²) in [5, 5.41) is 0. The maximum absolute atomic E-state index is 12.7. The Balaban J connectivity index is 2.20. The van der Waals surface area contributed by atoms with Crippen LogP contribution in [0.15, 0.2) is 71.5 Å². The van der Waals surface area contributed by atoms with Gasteiger partial charge in [-0.1, -0.05) is 42.5 Å². The van der Waals surface area contributed by atoms with E-state index in [1.54, 1.807) is 48.5 Å². The molecule has 0 radical (unpaired) electrons. The van der Waals surface area contributed by atoms with Gasteiger partial charge in [-0.25, -0.2) is 0 Å². The Labute approximate surface area is 138 Å². The van der Waals surface area contributed by atoms with E-state index in [1.165, 1.54) is 23.8 Å². The second kappa shape index (κ2) is 6.42. The lowest BCUT2D eigenvalue weighted by Crippen LogP contribution is -2.23. The number of nitrogen functional groups attached to an aromatic ring is 1. The molecule has 120 valence electrons. The molecule has 0 bridgehead atoms. The third-order valence-electron chi connectivity index (χ3n) is 3.74. The number of ketones is 1. The fourth-order valence-electron chi connectivity index (χ4n) is 2.55. The lowest BCUT2D eigenvalue weighted by molar-refractivity contribution is 0.103. The topological polar surface area (TPSA) is 74.3 Å². The number of carbonyl (C=O) groups is 1. The Morgan fingerprint density at radius 1 is 0.958 bits per heavy atom. The van der Waals surface area contributed by atoms with Gasteiger partial charge in [-0.05, 0) is 18.2 Å². The fraction of sp³-hybridized carbons (Fsp3) is 0.0526. The minimum absolute atomic E-state index is 0.0841. The lowest BCUT2D eigenvalue weighted by atomic mass is 10.0. The number of nitrogens with zero attached hydrogens (tertiary/aromatic N) is 1. The molecule has 0 unspecified atom stereocenters. The molecule has 0 aliphatic carbocycles. The quantitative estimate of drug-likeness (QED) is 0.750. The third kappa shape index (κ3) is 2.67. The van der Waals surface area contributed by atoms with Crippen LogP contribution in [0.3, 0.4) is 0 Å². The molecule has 0 atom stereocenters. The smallest absolute Gasteiger partial charge is 0.256 e.